The quantitative estimate of drug-likeness (QED) is 0.175. The fraction of sp³-hybridized carbons (Fsp3) is 0. The maximum Gasteiger partial charge on any atom is 0.0552 e. The SMILES string of the molecule is Brc1ccc2c3ccccc3n(-c3ccc4cc(-c5ccc6c7ccccc7c7ccccc7c6c5)ccc4c3)c2c1. The average molecular weight is 599 g/mol. The minimum absolute atomic E-state index is 1.08. The molecule has 0 aliphatic heterocycles. The second-order valence-corrected chi connectivity index (χ2v) is 12.0. The van der Waals surface area contributed by atoms with Crippen molar-refractivity contribution in [2.45, 2.75) is 0 Å². The van der Waals surface area contributed by atoms with Crippen LogP contribution in [0.25, 0.3) is 81.7 Å². The molecular weight excluding hydrogens is 574 g/mol. The van der Waals surface area contributed by atoms with Gasteiger partial charge in [-0.1, -0.05) is 119 Å². The maximum absolute atomic E-state index is 3.69. The standard InChI is InChI=1S/C40H24BrN/c41-29-17-20-37-36-11-5-6-12-39(36)42(40(37)24-29)30-18-15-26-21-25(13-14-27(26)22-30)28-16-19-35-33-9-2-1-7-31(33)32-8-3-4-10-34(32)38(35)23-28/h1-24H. The van der Waals surface area contributed by atoms with Gasteiger partial charge in [0, 0.05) is 20.9 Å². The molecule has 9 aromatic rings. The molecule has 1 aromatic heterocycles. The fourth-order valence-electron chi connectivity index (χ4n) is 6.86. The third kappa shape index (κ3) is 3.49. The zero-order valence-corrected chi connectivity index (χ0v) is 24.3. The van der Waals surface area contributed by atoms with Gasteiger partial charge in [0.05, 0.1) is 11.0 Å². The number of fused-ring (bicyclic) bond motifs is 10. The Kier molecular flexibility index (Phi) is 5.11. The number of hydrogen-bond acceptors (Lipinski definition) is 0. The first-order valence-electron chi connectivity index (χ1n) is 14.3. The van der Waals surface area contributed by atoms with Crippen molar-refractivity contribution in [2.75, 3.05) is 0 Å². The number of halogens is 1. The van der Waals surface area contributed by atoms with E-state index in [9.17, 15) is 0 Å². The Hall–Kier alpha value is -4.92. The van der Waals surface area contributed by atoms with Gasteiger partial charge in [-0.15, -0.1) is 0 Å². The number of para-hydroxylation sites is 1. The molecule has 0 saturated heterocycles. The summed E-state index contributed by atoms with van der Waals surface area (Å²) in [6.07, 6.45) is 0. The van der Waals surface area contributed by atoms with Crippen LogP contribution in [0, 0.1) is 0 Å². The predicted molar refractivity (Wildman–Crippen MR) is 184 cm³/mol. The lowest BCUT2D eigenvalue weighted by molar-refractivity contribution is 1.18. The minimum Gasteiger partial charge on any atom is -0.309 e. The Morgan fingerprint density at radius 1 is 0.357 bits per heavy atom. The van der Waals surface area contributed by atoms with Crippen LogP contribution in [-0.2, 0) is 0 Å². The van der Waals surface area contributed by atoms with Crippen LogP contribution in [0.2, 0.25) is 0 Å². The van der Waals surface area contributed by atoms with E-state index in [1.165, 1.54) is 81.7 Å². The minimum atomic E-state index is 1.08. The lowest BCUT2D eigenvalue weighted by Crippen LogP contribution is -1.94. The second kappa shape index (κ2) is 9.04. The summed E-state index contributed by atoms with van der Waals surface area (Å²) < 4.78 is 3.46. The van der Waals surface area contributed by atoms with E-state index in [1.54, 1.807) is 0 Å². The molecule has 42 heavy (non-hydrogen) atoms. The highest BCUT2D eigenvalue weighted by atomic mass is 79.9. The summed E-state index contributed by atoms with van der Waals surface area (Å²) in [6, 6.07) is 53.4. The fourth-order valence-corrected chi connectivity index (χ4v) is 7.21. The summed E-state index contributed by atoms with van der Waals surface area (Å²) in [5.74, 6) is 0. The number of nitrogens with zero attached hydrogens (tertiary/aromatic N) is 1. The van der Waals surface area contributed by atoms with Crippen LogP contribution < -0.4 is 0 Å². The van der Waals surface area contributed by atoms with Gasteiger partial charge >= 0.3 is 0 Å². The summed E-state index contributed by atoms with van der Waals surface area (Å²) in [4.78, 5) is 0. The Morgan fingerprint density at radius 3 is 1.64 bits per heavy atom. The van der Waals surface area contributed by atoms with Gasteiger partial charge in [0.25, 0.3) is 0 Å². The summed E-state index contributed by atoms with van der Waals surface area (Å²) in [5.41, 5.74) is 6.06. The molecule has 0 spiro atoms. The summed E-state index contributed by atoms with van der Waals surface area (Å²) in [6.45, 7) is 0. The first-order chi connectivity index (χ1) is 20.7. The van der Waals surface area contributed by atoms with E-state index in [-0.39, 0.29) is 0 Å². The smallest absolute Gasteiger partial charge is 0.0552 e. The molecule has 0 unspecified atom stereocenters. The molecule has 0 aliphatic carbocycles. The van der Waals surface area contributed by atoms with Gasteiger partial charge in [-0.25, -0.2) is 0 Å². The lowest BCUT2D eigenvalue weighted by Gasteiger charge is -2.13. The molecule has 0 aliphatic rings. The van der Waals surface area contributed by atoms with Crippen LogP contribution in [0.4, 0.5) is 0 Å². The predicted octanol–water partition coefficient (Wildman–Crippen LogP) is 11.8. The average Bonchev–Trinajstić information content (AvgIpc) is 3.37. The van der Waals surface area contributed by atoms with Gasteiger partial charge in [0.1, 0.15) is 0 Å². The molecule has 9 rings (SSSR count). The molecule has 1 nitrogen and oxygen atoms in total. The molecule has 0 fully saturated rings. The van der Waals surface area contributed by atoms with Gasteiger partial charge in [-0.2, -0.15) is 0 Å². The van der Waals surface area contributed by atoms with Crippen LogP contribution in [-0.4, -0.2) is 4.57 Å². The number of benzene rings is 8. The largest absolute Gasteiger partial charge is 0.309 e. The van der Waals surface area contributed by atoms with Crippen LogP contribution in [0.15, 0.2) is 150 Å². The van der Waals surface area contributed by atoms with Gasteiger partial charge < -0.3 is 4.57 Å². The van der Waals surface area contributed by atoms with Crippen molar-refractivity contribution in [1.29, 1.82) is 0 Å². The molecule has 0 amide bonds. The number of hydrogen-bond donors (Lipinski definition) is 0. The van der Waals surface area contributed by atoms with Crippen molar-refractivity contribution >= 4 is 80.8 Å². The molecule has 2 heteroatoms. The van der Waals surface area contributed by atoms with E-state index in [0.717, 1.165) is 4.47 Å². The van der Waals surface area contributed by atoms with Gasteiger partial charge in [-0.3, -0.25) is 0 Å². The molecule has 0 atom stereocenters. The van der Waals surface area contributed by atoms with Crippen molar-refractivity contribution in [3.05, 3.63) is 150 Å². The van der Waals surface area contributed by atoms with E-state index in [0.29, 0.717) is 0 Å². The first kappa shape index (κ1) is 23.8. The van der Waals surface area contributed by atoms with Gasteiger partial charge in [-0.05, 0) is 96.7 Å². The third-order valence-electron chi connectivity index (χ3n) is 8.80. The van der Waals surface area contributed by atoms with Crippen molar-refractivity contribution in [3.8, 4) is 16.8 Å². The molecule has 0 radical (unpaired) electrons. The molecule has 0 N–H and O–H groups in total. The van der Waals surface area contributed by atoms with Crippen molar-refractivity contribution < 1.29 is 0 Å². The summed E-state index contributed by atoms with van der Waals surface area (Å²) >= 11 is 3.69. The highest BCUT2D eigenvalue weighted by Crippen LogP contribution is 2.38. The van der Waals surface area contributed by atoms with Crippen LogP contribution in [0.5, 0.6) is 0 Å². The molecule has 0 saturated carbocycles. The van der Waals surface area contributed by atoms with E-state index < -0.39 is 0 Å². The topological polar surface area (TPSA) is 4.93 Å². The van der Waals surface area contributed by atoms with Crippen LogP contribution in [0.3, 0.4) is 0 Å². The van der Waals surface area contributed by atoms with Crippen LogP contribution >= 0.6 is 15.9 Å². The van der Waals surface area contributed by atoms with E-state index in [4.69, 9.17) is 0 Å². The highest BCUT2D eigenvalue weighted by Gasteiger charge is 2.14. The van der Waals surface area contributed by atoms with Gasteiger partial charge in [0.15, 0.2) is 0 Å². The van der Waals surface area contributed by atoms with E-state index in [2.05, 4.69) is 166 Å². The lowest BCUT2D eigenvalue weighted by atomic mass is 9.91. The molecule has 0 bridgehead atoms. The first-order valence-corrected chi connectivity index (χ1v) is 15.1. The van der Waals surface area contributed by atoms with E-state index in [1.807, 2.05) is 0 Å². The van der Waals surface area contributed by atoms with Crippen molar-refractivity contribution in [1.82, 2.24) is 4.57 Å². The number of aromatic nitrogens is 1. The van der Waals surface area contributed by atoms with Crippen molar-refractivity contribution in [2.24, 2.45) is 0 Å². The third-order valence-corrected chi connectivity index (χ3v) is 9.29. The maximum atomic E-state index is 3.69. The van der Waals surface area contributed by atoms with Crippen LogP contribution in [0.1, 0.15) is 0 Å². The second-order valence-electron chi connectivity index (χ2n) is 11.1. The van der Waals surface area contributed by atoms with Crippen molar-refractivity contribution in [3.63, 3.8) is 0 Å². The Balaban J connectivity index is 1.21. The van der Waals surface area contributed by atoms with Gasteiger partial charge in [0.2, 0.25) is 0 Å². The monoisotopic (exact) mass is 597 g/mol. The molecule has 1 heterocycles. The molecule has 8 aromatic carbocycles. The number of rotatable bonds is 2. The highest BCUT2D eigenvalue weighted by molar-refractivity contribution is 9.10. The summed E-state index contributed by atoms with van der Waals surface area (Å²) in [7, 11) is 0. The van der Waals surface area contributed by atoms with E-state index >= 15 is 0 Å². The molecular formula is C40H24BrN. The Bertz CT molecular complexity index is 2500. The Labute approximate surface area is 251 Å². The zero-order valence-electron chi connectivity index (χ0n) is 22.7. The Morgan fingerprint density at radius 2 is 0.881 bits per heavy atom. The zero-order chi connectivity index (χ0) is 27.8. The molecule has 196 valence electrons. The normalized spacial score (nSPS) is 11.9. The summed E-state index contributed by atoms with van der Waals surface area (Å²) in [5, 5.41) is 12.8.